The van der Waals surface area contributed by atoms with E-state index in [2.05, 4.69) is 24.1 Å². The van der Waals surface area contributed by atoms with Gasteiger partial charge in [0.2, 0.25) is 0 Å². The van der Waals surface area contributed by atoms with Gasteiger partial charge in [0.1, 0.15) is 0 Å². The summed E-state index contributed by atoms with van der Waals surface area (Å²) in [6.45, 7) is 7.29. The third-order valence-corrected chi connectivity index (χ3v) is 5.32. The van der Waals surface area contributed by atoms with E-state index in [-0.39, 0.29) is 0 Å². The molecule has 2 heteroatoms. The Morgan fingerprint density at radius 1 is 1.06 bits per heavy atom. The SMILES string of the molecule is CC1(C)CC(N2CCCC2C2CCCC2)CN1. The van der Waals surface area contributed by atoms with Gasteiger partial charge in [0.05, 0.1) is 0 Å². The predicted octanol–water partition coefficient (Wildman–Crippen LogP) is 2.78. The maximum atomic E-state index is 3.69. The second kappa shape index (κ2) is 4.55. The van der Waals surface area contributed by atoms with Crippen LogP contribution in [0.3, 0.4) is 0 Å². The molecule has 0 spiro atoms. The Balaban J connectivity index is 1.65. The molecule has 1 N–H and O–H groups in total. The van der Waals surface area contributed by atoms with Gasteiger partial charge in [0.25, 0.3) is 0 Å². The van der Waals surface area contributed by atoms with Crippen LogP contribution in [0, 0.1) is 5.92 Å². The quantitative estimate of drug-likeness (QED) is 0.793. The van der Waals surface area contributed by atoms with E-state index in [0.717, 1.165) is 18.0 Å². The molecular formula is C15H28N2. The van der Waals surface area contributed by atoms with Crippen molar-refractivity contribution in [1.29, 1.82) is 0 Å². The zero-order chi connectivity index (χ0) is 11.9. The number of hydrogen-bond acceptors (Lipinski definition) is 2. The first-order valence-corrected chi connectivity index (χ1v) is 7.66. The van der Waals surface area contributed by atoms with Gasteiger partial charge in [-0.25, -0.2) is 0 Å². The third-order valence-electron chi connectivity index (χ3n) is 5.32. The fraction of sp³-hybridized carbons (Fsp3) is 1.00. The molecule has 98 valence electrons. The van der Waals surface area contributed by atoms with Crippen LogP contribution in [-0.2, 0) is 0 Å². The van der Waals surface area contributed by atoms with Gasteiger partial charge < -0.3 is 5.32 Å². The summed E-state index contributed by atoms with van der Waals surface area (Å²) >= 11 is 0. The van der Waals surface area contributed by atoms with E-state index in [1.165, 1.54) is 58.0 Å². The Morgan fingerprint density at radius 3 is 2.47 bits per heavy atom. The lowest BCUT2D eigenvalue weighted by atomic mass is 9.94. The molecule has 0 aromatic rings. The molecule has 0 bridgehead atoms. The third kappa shape index (κ3) is 2.39. The lowest BCUT2D eigenvalue weighted by molar-refractivity contribution is 0.140. The summed E-state index contributed by atoms with van der Waals surface area (Å²) in [6.07, 6.45) is 10.2. The van der Waals surface area contributed by atoms with Crippen molar-refractivity contribution in [3.8, 4) is 0 Å². The smallest absolute Gasteiger partial charge is 0.0241 e. The number of nitrogens with one attached hydrogen (secondary N) is 1. The highest BCUT2D eigenvalue weighted by atomic mass is 15.3. The van der Waals surface area contributed by atoms with Crippen molar-refractivity contribution in [3.63, 3.8) is 0 Å². The van der Waals surface area contributed by atoms with Crippen molar-refractivity contribution in [2.75, 3.05) is 13.1 Å². The highest BCUT2D eigenvalue weighted by molar-refractivity contribution is 4.99. The molecule has 17 heavy (non-hydrogen) atoms. The maximum Gasteiger partial charge on any atom is 0.0241 e. The topological polar surface area (TPSA) is 15.3 Å². The van der Waals surface area contributed by atoms with Crippen LogP contribution in [0.25, 0.3) is 0 Å². The zero-order valence-electron chi connectivity index (χ0n) is 11.5. The predicted molar refractivity (Wildman–Crippen MR) is 72.2 cm³/mol. The zero-order valence-corrected chi connectivity index (χ0v) is 11.5. The highest BCUT2D eigenvalue weighted by Crippen LogP contribution is 2.38. The molecule has 0 radical (unpaired) electrons. The van der Waals surface area contributed by atoms with Crippen LogP contribution < -0.4 is 5.32 Å². The van der Waals surface area contributed by atoms with Gasteiger partial charge >= 0.3 is 0 Å². The van der Waals surface area contributed by atoms with Crippen LogP contribution in [0.15, 0.2) is 0 Å². The number of rotatable bonds is 2. The van der Waals surface area contributed by atoms with Gasteiger partial charge in [-0.05, 0) is 58.4 Å². The van der Waals surface area contributed by atoms with Gasteiger partial charge in [-0.3, -0.25) is 4.90 Å². The summed E-state index contributed by atoms with van der Waals surface area (Å²) in [5.41, 5.74) is 0.369. The van der Waals surface area contributed by atoms with E-state index in [1.54, 1.807) is 0 Å². The van der Waals surface area contributed by atoms with Crippen LogP contribution in [0.2, 0.25) is 0 Å². The van der Waals surface area contributed by atoms with Gasteiger partial charge in [-0.15, -0.1) is 0 Å². The monoisotopic (exact) mass is 236 g/mol. The van der Waals surface area contributed by atoms with Gasteiger partial charge in [-0.2, -0.15) is 0 Å². The van der Waals surface area contributed by atoms with Crippen molar-refractivity contribution in [2.24, 2.45) is 5.92 Å². The molecule has 2 atom stereocenters. The van der Waals surface area contributed by atoms with Crippen molar-refractivity contribution in [2.45, 2.75) is 76.4 Å². The Kier molecular flexibility index (Phi) is 3.20. The summed E-state index contributed by atoms with van der Waals surface area (Å²) in [7, 11) is 0. The Morgan fingerprint density at radius 2 is 1.82 bits per heavy atom. The molecule has 2 aliphatic heterocycles. The van der Waals surface area contributed by atoms with Crippen LogP contribution >= 0.6 is 0 Å². The summed E-state index contributed by atoms with van der Waals surface area (Å²) in [5, 5.41) is 3.69. The first-order chi connectivity index (χ1) is 8.16. The fourth-order valence-corrected chi connectivity index (χ4v) is 4.48. The first-order valence-electron chi connectivity index (χ1n) is 7.66. The van der Waals surface area contributed by atoms with Crippen LogP contribution in [0.1, 0.15) is 58.8 Å². The largest absolute Gasteiger partial charge is 0.310 e. The van der Waals surface area contributed by atoms with E-state index >= 15 is 0 Å². The average molecular weight is 236 g/mol. The van der Waals surface area contributed by atoms with E-state index < -0.39 is 0 Å². The molecule has 3 fully saturated rings. The van der Waals surface area contributed by atoms with E-state index in [1.807, 2.05) is 0 Å². The van der Waals surface area contributed by atoms with Crippen molar-refractivity contribution >= 4 is 0 Å². The van der Waals surface area contributed by atoms with Crippen molar-refractivity contribution in [1.82, 2.24) is 10.2 Å². The Labute approximate surface area is 106 Å². The summed E-state index contributed by atoms with van der Waals surface area (Å²) in [4.78, 5) is 2.87. The number of likely N-dealkylation sites (tertiary alicyclic amines) is 1. The molecule has 2 nitrogen and oxygen atoms in total. The molecule has 3 aliphatic rings. The fourth-order valence-electron chi connectivity index (χ4n) is 4.48. The van der Waals surface area contributed by atoms with Gasteiger partial charge in [0.15, 0.2) is 0 Å². The van der Waals surface area contributed by atoms with Crippen molar-refractivity contribution in [3.05, 3.63) is 0 Å². The van der Waals surface area contributed by atoms with E-state index in [9.17, 15) is 0 Å². The maximum absolute atomic E-state index is 3.69. The highest BCUT2D eigenvalue weighted by Gasteiger charge is 2.41. The van der Waals surface area contributed by atoms with Gasteiger partial charge in [-0.1, -0.05) is 12.8 Å². The molecule has 0 amide bonds. The van der Waals surface area contributed by atoms with Crippen LogP contribution in [0.5, 0.6) is 0 Å². The minimum absolute atomic E-state index is 0.369. The molecule has 1 saturated carbocycles. The average Bonchev–Trinajstić information content (AvgIpc) is 2.93. The molecule has 1 aliphatic carbocycles. The molecule has 3 rings (SSSR count). The summed E-state index contributed by atoms with van der Waals surface area (Å²) in [6, 6.07) is 1.75. The first kappa shape index (κ1) is 12.0. The van der Waals surface area contributed by atoms with Crippen LogP contribution in [0.4, 0.5) is 0 Å². The lowest BCUT2D eigenvalue weighted by Crippen LogP contribution is -2.43. The molecule has 0 aromatic carbocycles. The number of hydrogen-bond donors (Lipinski definition) is 1. The molecule has 2 unspecified atom stereocenters. The lowest BCUT2D eigenvalue weighted by Gasteiger charge is -2.34. The second-order valence-electron chi connectivity index (χ2n) is 7.11. The summed E-state index contributed by atoms with van der Waals surface area (Å²) < 4.78 is 0. The Hall–Kier alpha value is -0.0800. The molecule has 2 heterocycles. The van der Waals surface area contributed by atoms with E-state index in [0.29, 0.717) is 5.54 Å². The van der Waals surface area contributed by atoms with Gasteiger partial charge in [0, 0.05) is 24.2 Å². The minimum Gasteiger partial charge on any atom is -0.310 e. The number of nitrogens with zero attached hydrogens (tertiary/aromatic N) is 1. The Bertz CT molecular complexity index is 268. The van der Waals surface area contributed by atoms with Crippen molar-refractivity contribution < 1.29 is 0 Å². The summed E-state index contributed by atoms with van der Waals surface area (Å²) in [5.74, 6) is 1.03. The van der Waals surface area contributed by atoms with E-state index in [4.69, 9.17) is 0 Å². The normalized spacial score (nSPS) is 39.2. The molecular weight excluding hydrogens is 208 g/mol. The minimum atomic E-state index is 0.369. The molecule has 0 aromatic heterocycles. The molecule has 2 saturated heterocycles. The standard InChI is InChI=1S/C15H28N2/c1-15(2)10-13(11-16-15)17-9-5-8-14(17)12-6-3-4-7-12/h12-14,16H,3-11H2,1-2H3. The second-order valence-corrected chi connectivity index (χ2v) is 7.11. The van der Waals surface area contributed by atoms with Crippen LogP contribution in [-0.4, -0.2) is 35.6 Å².